The van der Waals surface area contributed by atoms with E-state index >= 15 is 0 Å². The van der Waals surface area contributed by atoms with Gasteiger partial charge in [-0.15, -0.1) is 0 Å². The Morgan fingerprint density at radius 1 is 1.06 bits per heavy atom. The molecule has 5 nitrogen and oxygen atoms in total. The van der Waals surface area contributed by atoms with E-state index in [0.29, 0.717) is 31.6 Å². The number of rotatable bonds is 3. The molecule has 1 aromatic carbocycles. The number of Topliss-reactive ketones (excluding diaryl/α,β-unsaturated/α-hetero) is 1. The second kappa shape index (κ2) is 6.54. The van der Waals surface area contributed by atoms with Gasteiger partial charge in [-0.3, -0.25) is 9.59 Å². The molecule has 1 aromatic rings. The molecule has 3 saturated carbocycles. The van der Waals surface area contributed by atoms with Gasteiger partial charge < -0.3 is 14.6 Å². The number of aliphatic hydroxyl groups is 1. The van der Waals surface area contributed by atoms with Crippen LogP contribution in [0.3, 0.4) is 0 Å². The van der Waals surface area contributed by atoms with E-state index in [0.717, 1.165) is 25.7 Å². The number of epoxide rings is 1. The first-order chi connectivity index (χ1) is 15.2. The highest BCUT2D eigenvalue weighted by molar-refractivity contribution is 5.93. The molecule has 6 rings (SSSR count). The largest absolute Gasteiger partial charge is 0.457 e. The van der Waals surface area contributed by atoms with E-state index in [1.807, 2.05) is 36.4 Å². The monoisotopic (exact) mass is 436 g/mol. The zero-order chi connectivity index (χ0) is 22.4. The van der Waals surface area contributed by atoms with Crippen LogP contribution in [-0.4, -0.2) is 34.7 Å². The van der Waals surface area contributed by atoms with Crippen LogP contribution in [-0.2, 0) is 14.3 Å². The first-order valence-electron chi connectivity index (χ1n) is 12.1. The summed E-state index contributed by atoms with van der Waals surface area (Å²) >= 11 is 0. The zero-order valence-corrected chi connectivity index (χ0v) is 18.9. The smallest absolute Gasteiger partial charge is 0.264 e. The Morgan fingerprint density at radius 2 is 1.81 bits per heavy atom. The number of ketones is 2. The molecule has 4 aliphatic carbocycles. The number of fused-ring (bicyclic) bond motifs is 5. The SMILES string of the molecule is C[C@]12CCC(=O)C=C1CC[C@@H]1[C@@H]2C(=O)C[C@@]2(C)[C@H]1CC[C@]2(O)C1(Oc2ccccc2)CO1. The highest BCUT2D eigenvalue weighted by atomic mass is 16.8. The lowest BCUT2D eigenvalue weighted by atomic mass is 9.45. The topological polar surface area (TPSA) is 76.1 Å². The van der Waals surface area contributed by atoms with Crippen molar-refractivity contribution in [2.75, 3.05) is 6.61 Å². The summed E-state index contributed by atoms with van der Waals surface area (Å²) in [7, 11) is 0. The Kier molecular flexibility index (Phi) is 4.21. The molecule has 0 spiro atoms. The molecule has 0 radical (unpaired) electrons. The van der Waals surface area contributed by atoms with Crippen molar-refractivity contribution in [3.8, 4) is 5.75 Å². The molecule has 1 N–H and O–H groups in total. The third-order valence-electron chi connectivity index (χ3n) is 9.87. The Bertz CT molecular complexity index is 1010. The minimum atomic E-state index is -1.21. The molecule has 1 aliphatic heterocycles. The minimum absolute atomic E-state index is 0.0536. The van der Waals surface area contributed by atoms with Crippen molar-refractivity contribution in [2.45, 2.75) is 70.2 Å². The lowest BCUT2D eigenvalue weighted by molar-refractivity contribution is -0.207. The lowest BCUT2D eigenvalue weighted by Crippen LogP contribution is -2.63. The third-order valence-corrected chi connectivity index (χ3v) is 9.87. The maximum absolute atomic E-state index is 13.8. The Balaban J connectivity index is 1.35. The average Bonchev–Trinajstić information content (AvgIpc) is 3.49. The van der Waals surface area contributed by atoms with Crippen LogP contribution < -0.4 is 4.74 Å². The van der Waals surface area contributed by atoms with Gasteiger partial charge in [0.1, 0.15) is 23.7 Å². The summed E-state index contributed by atoms with van der Waals surface area (Å²) in [5, 5.41) is 12.2. The van der Waals surface area contributed by atoms with E-state index < -0.39 is 16.8 Å². The first kappa shape index (κ1) is 20.6. The number of para-hydroxylation sites is 1. The molecule has 5 aliphatic rings. The molecule has 32 heavy (non-hydrogen) atoms. The van der Waals surface area contributed by atoms with Crippen molar-refractivity contribution in [3.05, 3.63) is 42.0 Å². The Labute approximate surface area is 189 Å². The van der Waals surface area contributed by atoms with Gasteiger partial charge >= 0.3 is 0 Å². The number of hydrogen-bond acceptors (Lipinski definition) is 5. The number of ether oxygens (including phenoxy) is 2. The Hall–Kier alpha value is -1.98. The molecule has 1 heterocycles. The van der Waals surface area contributed by atoms with Crippen molar-refractivity contribution in [3.63, 3.8) is 0 Å². The number of allylic oxidation sites excluding steroid dienone is 1. The highest BCUT2D eigenvalue weighted by Crippen LogP contribution is 2.69. The summed E-state index contributed by atoms with van der Waals surface area (Å²) < 4.78 is 12.1. The Morgan fingerprint density at radius 3 is 2.53 bits per heavy atom. The van der Waals surface area contributed by atoms with Crippen molar-refractivity contribution in [1.82, 2.24) is 0 Å². The quantitative estimate of drug-likeness (QED) is 0.718. The van der Waals surface area contributed by atoms with Gasteiger partial charge in [-0.25, -0.2) is 0 Å². The van der Waals surface area contributed by atoms with Crippen LogP contribution in [0.15, 0.2) is 42.0 Å². The maximum Gasteiger partial charge on any atom is 0.264 e. The number of carbonyl (C=O) groups excluding carboxylic acids is 2. The highest BCUT2D eigenvalue weighted by Gasteiger charge is 2.77. The van der Waals surface area contributed by atoms with Gasteiger partial charge in [0, 0.05) is 24.2 Å². The molecular weight excluding hydrogens is 404 g/mol. The summed E-state index contributed by atoms with van der Waals surface area (Å²) in [5.41, 5.74) is -0.835. The fraction of sp³-hybridized carbons (Fsp3) is 0.630. The third kappa shape index (κ3) is 2.52. The van der Waals surface area contributed by atoms with E-state index in [1.165, 1.54) is 5.57 Å². The van der Waals surface area contributed by atoms with Gasteiger partial charge in [-0.2, -0.15) is 0 Å². The fourth-order valence-corrected chi connectivity index (χ4v) is 8.14. The lowest BCUT2D eigenvalue weighted by Gasteiger charge is -2.58. The van der Waals surface area contributed by atoms with Crippen LogP contribution >= 0.6 is 0 Å². The summed E-state index contributed by atoms with van der Waals surface area (Å²) in [6.45, 7) is 4.64. The summed E-state index contributed by atoms with van der Waals surface area (Å²) in [6.07, 6.45) is 6.71. The normalized spacial score (nSPS) is 47.2. The second-order valence-corrected chi connectivity index (χ2v) is 11.3. The van der Waals surface area contributed by atoms with Gasteiger partial charge in [-0.05, 0) is 67.6 Å². The van der Waals surface area contributed by atoms with Crippen molar-refractivity contribution < 1.29 is 24.2 Å². The molecule has 4 fully saturated rings. The molecule has 0 amide bonds. The fourth-order valence-electron chi connectivity index (χ4n) is 8.14. The number of carbonyl (C=O) groups is 2. The van der Waals surface area contributed by atoms with Crippen molar-refractivity contribution in [2.24, 2.45) is 28.6 Å². The molecule has 5 heteroatoms. The number of hydrogen-bond donors (Lipinski definition) is 1. The zero-order valence-electron chi connectivity index (χ0n) is 18.9. The van der Waals surface area contributed by atoms with Crippen molar-refractivity contribution >= 4 is 11.6 Å². The van der Waals surface area contributed by atoms with Gasteiger partial charge in [0.05, 0.1) is 0 Å². The van der Waals surface area contributed by atoms with E-state index in [2.05, 4.69) is 13.8 Å². The standard InChI is InChI=1S/C27H32O5/c1-24-12-10-18(28)14-17(24)8-9-20-21-11-13-26(30,25(21,2)15-22(29)23(20)24)27(16-31-27)32-19-6-4-3-5-7-19/h3-7,14,20-21,23,30H,8-13,15-16H2,1-2H3/t20-,21-,23+,24-,25-,26+,27?/m0/s1. The van der Waals surface area contributed by atoms with Gasteiger partial charge in [-0.1, -0.05) is 37.6 Å². The van der Waals surface area contributed by atoms with E-state index in [1.54, 1.807) is 0 Å². The van der Waals surface area contributed by atoms with Crippen LogP contribution in [0.5, 0.6) is 5.75 Å². The summed E-state index contributed by atoms with van der Waals surface area (Å²) in [5.74, 6) is 0.465. The van der Waals surface area contributed by atoms with E-state index in [4.69, 9.17) is 9.47 Å². The molecule has 1 saturated heterocycles. The molecular formula is C27H32O5. The van der Waals surface area contributed by atoms with Crippen LogP contribution in [0.4, 0.5) is 0 Å². The first-order valence-corrected chi connectivity index (χ1v) is 12.1. The summed E-state index contributed by atoms with van der Waals surface area (Å²) in [6, 6.07) is 9.51. The van der Waals surface area contributed by atoms with Crippen molar-refractivity contribution in [1.29, 1.82) is 0 Å². The molecule has 1 unspecified atom stereocenters. The predicted molar refractivity (Wildman–Crippen MR) is 118 cm³/mol. The second-order valence-electron chi connectivity index (χ2n) is 11.3. The van der Waals surface area contributed by atoms with Gasteiger partial charge in [0.25, 0.3) is 5.79 Å². The van der Waals surface area contributed by atoms with Gasteiger partial charge in [0.2, 0.25) is 0 Å². The van der Waals surface area contributed by atoms with Crippen LogP contribution in [0.1, 0.15) is 58.8 Å². The van der Waals surface area contributed by atoms with E-state index in [9.17, 15) is 14.7 Å². The van der Waals surface area contributed by atoms with Crippen LogP contribution in [0, 0.1) is 28.6 Å². The van der Waals surface area contributed by atoms with Crippen LogP contribution in [0.25, 0.3) is 0 Å². The van der Waals surface area contributed by atoms with Crippen LogP contribution in [0.2, 0.25) is 0 Å². The van der Waals surface area contributed by atoms with E-state index in [-0.39, 0.29) is 34.7 Å². The average molecular weight is 437 g/mol. The van der Waals surface area contributed by atoms with Gasteiger partial charge in [0.15, 0.2) is 5.78 Å². The molecule has 0 bridgehead atoms. The molecule has 7 atom stereocenters. The molecule has 170 valence electrons. The maximum atomic E-state index is 13.8. The summed E-state index contributed by atoms with van der Waals surface area (Å²) in [4.78, 5) is 25.9. The minimum Gasteiger partial charge on any atom is -0.457 e. The molecule has 0 aromatic heterocycles. The number of benzene rings is 1. The predicted octanol–water partition coefficient (Wildman–Crippen LogP) is 4.23.